The van der Waals surface area contributed by atoms with Gasteiger partial charge in [0.05, 0.1) is 49.9 Å². The van der Waals surface area contributed by atoms with Gasteiger partial charge in [0, 0.05) is 40.0 Å². The highest BCUT2D eigenvalue weighted by Crippen LogP contribution is 2.42. The number of anilines is 1. The summed E-state index contributed by atoms with van der Waals surface area (Å²) in [6.45, 7) is 7.36. The van der Waals surface area contributed by atoms with E-state index in [9.17, 15) is 0 Å². The van der Waals surface area contributed by atoms with Gasteiger partial charge in [0.1, 0.15) is 17.2 Å². The summed E-state index contributed by atoms with van der Waals surface area (Å²) in [6.07, 6.45) is 4.81. The molecule has 1 aliphatic heterocycles. The highest BCUT2D eigenvalue weighted by Gasteiger charge is 2.30. The van der Waals surface area contributed by atoms with Crippen molar-refractivity contribution >= 4 is 11.2 Å². The molecule has 0 radical (unpaired) electrons. The van der Waals surface area contributed by atoms with E-state index < -0.39 is 0 Å². The van der Waals surface area contributed by atoms with Crippen molar-refractivity contribution in [3.05, 3.63) is 41.6 Å². The van der Waals surface area contributed by atoms with Gasteiger partial charge in [-0.15, -0.1) is 0 Å². The molecule has 3 aromatic rings. The number of pyridine rings is 1. The van der Waals surface area contributed by atoms with Crippen LogP contribution in [0.3, 0.4) is 0 Å². The minimum absolute atomic E-state index is 0.451. The Labute approximate surface area is 225 Å². The normalized spacial score (nSPS) is 16.2. The first-order valence-electron chi connectivity index (χ1n) is 13.8. The van der Waals surface area contributed by atoms with Gasteiger partial charge in [0.25, 0.3) is 0 Å². The quantitative estimate of drug-likeness (QED) is 0.299. The maximum atomic E-state index is 5.88. The van der Waals surface area contributed by atoms with E-state index in [2.05, 4.69) is 23.1 Å². The maximum absolute atomic E-state index is 5.88. The fraction of sp³-hybridized carbons (Fsp3) is 0.567. The van der Waals surface area contributed by atoms with E-state index in [1.165, 1.54) is 18.5 Å². The van der Waals surface area contributed by atoms with Crippen LogP contribution in [0.5, 0.6) is 11.5 Å². The summed E-state index contributed by atoms with van der Waals surface area (Å²) in [6, 6.07) is 10.4. The topological polar surface area (TPSA) is 66.7 Å². The van der Waals surface area contributed by atoms with E-state index in [1.807, 2.05) is 23.6 Å². The summed E-state index contributed by atoms with van der Waals surface area (Å²) in [5.74, 6) is 2.83. The first kappa shape index (κ1) is 26.8. The molecule has 2 fully saturated rings. The molecular weight excluding hydrogens is 482 g/mol. The average Bonchev–Trinajstić information content (AvgIpc) is 3.69. The van der Waals surface area contributed by atoms with Crippen LogP contribution >= 0.6 is 0 Å². The summed E-state index contributed by atoms with van der Waals surface area (Å²) >= 11 is 0. The van der Waals surface area contributed by atoms with E-state index in [-0.39, 0.29) is 0 Å². The first-order chi connectivity index (χ1) is 18.7. The van der Waals surface area contributed by atoms with E-state index in [1.54, 1.807) is 21.3 Å². The molecule has 1 aliphatic carbocycles. The predicted molar refractivity (Wildman–Crippen MR) is 148 cm³/mol. The molecule has 0 atom stereocenters. The molecule has 0 N–H and O–H groups in total. The number of benzene rings is 1. The van der Waals surface area contributed by atoms with Gasteiger partial charge in [-0.1, -0.05) is 6.07 Å². The van der Waals surface area contributed by atoms with Crippen LogP contribution in [0.4, 0.5) is 5.69 Å². The van der Waals surface area contributed by atoms with Crippen molar-refractivity contribution in [1.82, 2.24) is 9.61 Å². The molecule has 1 aromatic carbocycles. The molecule has 206 valence electrons. The molecule has 0 unspecified atom stereocenters. The Kier molecular flexibility index (Phi) is 8.72. The van der Waals surface area contributed by atoms with Crippen LogP contribution in [0, 0.1) is 11.8 Å². The number of methoxy groups -OCH3 is 3. The zero-order valence-electron chi connectivity index (χ0n) is 23.2. The Morgan fingerprint density at radius 3 is 2.24 bits per heavy atom. The van der Waals surface area contributed by atoms with Crippen LogP contribution in [0.2, 0.25) is 0 Å². The molecule has 2 aromatic heterocycles. The fourth-order valence-corrected chi connectivity index (χ4v) is 5.50. The first-order valence-corrected chi connectivity index (χ1v) is 13.8. The van der Waals surface area contributed by atoms with E-state index in [0.29, 0.717) is 25.7 Å². The van der Waals surface area contributed by atoms with E-state index in [4.69, 9.17) is 28.8 Å². The number of fused-ring (bicyclic) bond motifs is 1. The highest BCUT2D eigenvalue weighted by atomic mass is 16.5. The molecule has 1 saturated carbocycles. The Morgan fingerprint density at radius 2 is 1.63 bits per heavy atom. The van der Waals surface area contributed by atoms with Gasteiger partial charge in [-0.3, -0.25) is 0 Å². The van der Waals surface area contributed by atoms with Crippen molar-refractivity contribution in [2.24, 2.45) is 11.8 Å². The summed E-state index contributed by atoms with van der Waals surface area (Å²) in [7, 11) is 5.12. The van der Waals surface area contributed by atoms with Crippen LogP contribution in [0.25, 0.3) is 16.8 Å². The Morgan fingerprint density at radius 1 is 0.947 bits per heavy atom. The van der Waals surface area contributed by atoms with Crippen molar-refractivity contribution in [1.29, 1.82) is 0 Å². The van der Waals surface area contributed by atoms with Gasteiger partial charge in [0.2, 0.25) is 0 Å². The average molecular weight is 524 g/mol. The van der Waals surface area contributed by atoms with Gasteiger partial charge < -0.3 is 28.6 Å². The highest BCUT2D eigenvalue weighted by molar-refractivity contribution is 5.82. The largest absolute Gasteiger partial charge is 0.496 e. The Balaban J connectivity index is 1.62. The van der Waals surface area contributed by atoms with Crippen molar-refractivity contribution in [2.45, 2.75) is 45.8 Å². The number of nitrogens with zero attached hydrogens (tertiary/aromatic N) is 3. The van der Waals surface area contributed by atoms with Gasteiger partial charge in [0.15, 0.2) is 0 Å². The molecule has 2 aliphatic rings. The van der Waals surface area contributed by atoms with Crippen molar-refractivity contribution in [3.8, 4) is 22.8 Å². The Hall–Kier alpha value is -2.81. The summed E-state index contributed by atoms with van der Waals surface area (Å²) in [5.41, 5.74) is 6.00. The predicted octanol–water partition coefficient (Wildman–Crippen LogP) is 5.34. The lowest BCUT2D eigenvalue weighted by atomic mass is 9.99. The smallest absolute Gasteiger partial charge is 0.132 e. The lowest BCUT2D eigenvalue weighted by Gasteiger charge is -2.31. The number of ether oxygens (including phenoxy) is 5. The number of aromatic nitrogens is 2. The minimum Gasteiger partial charge on any atom is -0.496 e. The van der Waals surface area contributed by atoms with Gasteiger partial charge in [-0.05, 0) is 74.3 Å². The minimum atomic E-state index is 0.451. The molecule has 8 nitrogen and oxygen atoms in total. The van der Waals surface area contributed by atoms with Crippen molar-refractivity contribution in [2.75, 3.05) is 59.1 Å². The Bertz CT molecular complexity index is 1190. The van der Waals surface area contributed by atoms with Gasteiger partial charge in [-0.25, -0.2) is 4.52 Å². The third-order valence-corrected chi connectivity index (χ3v) is 7.59. The lowest BCUT2D eigenvalue weighted by molar-refractivity contribution is 0.0681. The number of hydrogen-bond acceptors (Lipinski definition) is 7. The van der Waals surface area contributed by atoms with Crippen molar-refractivity contribution in [3.63, 3.8) is 0 Å². The maximum Gasteiger partial charge on any atom is 0.132 e. The van der Waals surface area contributed by atoms with E-state index in [0.717, 1.165) is 84.6 Å². The molecule has 38 heavy (non-hydrogen) atoms. The van der Waals surface area contributed by atoms with Crippen LogP contribution in [0.1, 0.15) is 43.9 Å². The summed E-state index contributed by atoms with van der Waals surface area (Å²) in [4.78, 5) is 2.58. The lowest BCUT2D eigenvalue weighted by Crippen LogP contribution is -2.34. The zero-order valence-corrected chi connectivity index (χ0v) is 23.2. The van der Waals surface area contributed by atoms with Crippen LogP contribution < -0.4 is 14.4 Å². The second kappa shape index (κ2) is 12.4. The van der Waals surface area contributed by atoms with Crippen LogP contribution in [0.15, 0.2) is 30.3 Å². The summed E-state index contributed by atoms with van der Waals surface area (Å²) in [5, 5.41) is 5.13. The van der Waals surface area contributed by atoms with Gasteiger partial charge >= 0.3 is 0 Å². The van der Waals surface area contributed by atoms with Crippen molar-refractivity contribution < 1.29 is 23.7 Å². The molecule has 8 heteroatoms. The third kappa shape index (κ3) is 5.77. The molecule has 0 spiro atoms. The molecule has 0 amide bonds. The van der Waals surface area contributed by atoms with Gasteiger partial charge in [-0.2, -0.15) is 5.10 Å². The zero-order chi connectivity index (χ0) is 26.5. The molecule has 5 rings (SSSR count). The standard InChI is InChI=1S/C30H41N3O5/c1-5-37-19-23-15-27(35-3)29(28(16-23)36-4)25-7-6-8-26-30(24(20-34-2)31-33(25)26)32(17-21-9-10-21)18-22-11-13-38-14-12-22/h6-8,15-16,21-22H,5,9-14,17-20H2,1-4H3. The second-order valence-corrected chi connectivity index (χ2v) is 10.4. The SMILES string of the molecule is CCOCc1cc(OC)c(-c2cccc3c(N(CC4CCOCC4)CC4CC4)c(COC)nn23)c(OC)c1. The van der Waals surface area contributed by atoms with Crippen LogP contribution in [-0.2, 0) is 27.4 Å². The number of rotatable bonds is 13. The monoisotopic (exact) mass is 523 g/mol. The number of hydrogen-bond donors (Lipinski definition) is 0. The molecule has 3 heterocycles. The van der Waals surface area contributed by atoms with Crippen LogP contribution in [-0.4, -0.2) is 63.9 Å². The molecule has 0 bridgehead atoms. The molecular formula is C30H41N3O5. The van der Waals surface area contributed by atoms with E-state index >= 15 is 0 Å². The molecule has 1 saturated heterocycles. The third-order valence-electron chi connectivity index (χ3n) is 7.59. The fourth-order valence-electron chi connectivity index (χ4n) is 5.50. The summed E-state index contributed by atoms with van der Waals surface area (Å²) < 4.78 is 30.8. The second-order valence-electron chi connectivity index (χ2n) is 10.4.